The number of carboxylic acids is 1. The van der Waals surface area contributed by atoms with Gasteiger partial charge in [0.25, 0.3) is 0 Å². The summed E-state index contributed by atoms with van der Waals surface area (Å²) in [4.78, 5) is 153. The van der Waals surface area contributed by atoms with Crippen LogP contribution in [0.4, 0.5) is 15.3 Å². The lowest BCUT2D eigenvalue weighted by molar-refractivity contribution is -0.148. The summed E-state index contributed by atoms with van der Waals surface area (Å²) in [6, 6.07) is 8.49. The number of carboxylic acid groups (broad SMARTS) is 1. The van der Waals surface area contributed by atoms with Crippen LogP contribution in [0.25, 0.3) is 0 Å². The number of benzene rings is 2. The number of hydrogen-bond donors (Lipinski definition) is 9. The number of nitrogens with zero attached hydrogens (tertiary/aromatic N) is 4. The molecule has 2 aromatic carbocycles. The van der Waals surface area contributed by atoms with Crippen LogP contribution in [0.15, 0.2) is 54.6 Å². The van der Waals surface area contributed by atoms with Crippen LogP contribution in [0.2, 0.25) is 0 Å². The molecule has 27 nitrogen and oxygen atoms in total. The van der Waals surface area contributed by atoms with E-state index in [2.05, 4.69) is 31.9 Å². The van der Waals surface area contributed by atoms with Gasteiger partial charge in [0.15, 0.2) is 0 Å². The summed E-state index contributed by atoms with van der Waals surface area (Å²) < 4.78 is 17.7. The molecule has 95 heavy (non-hydrogen) atoms. The summed E-state index contributed by atoms with van der Waals surface area (Å²) in [5, 5.41) is 36.7. The maximum absolute atomic E-state index is 14.8. The zero-order chi connectivity index (χ0) is 71.0. The predicted molar refractivity (Wildman–Crippen MR) is 355 cm³/mol. The lowest BCUT2D eigenvalue weighted by Gasteiger charge is -2.41. The van der Waals surface area contributed by atoms with Crippen LogP contribution in [0.3, 0.4) is 0 Å². The number of anilines is 1. The first kappa shape index (κ1) is 79.5. The van der Waals surface area contributed by atoms with Gasteiger partial charge in [0.05, 0.1) is 54.7 Å². The van der Waals surface area contributed by atoms with E-state index in [0.29, 0.717) is 55.5 Å². The van der Waals surface area contributed by atoms with Crippen molar-refractivity contribution >= 4 is 71.0 Å². The number of aliphatic carboxylic acids is 1. The van der Waals surface area contributed by atoms with Gasteiger partial charge in [0, 0.05) is 73.0 Å². The Labute approximate surface area is 559 Å². The van der Waals surface area contributed by atoms with Gasteiger partial charge in [0.2, 0.25) is 47.3 Å². The molecule has 12 atom stereocenters. The van der Waals surface area contributed by atoms with Crippen molar-refractivity contribution in [2.75, 3.05) is 59.8 Å². The number of amides is 11. The Balaban J connectivity index is 1.38. The molecule has 2 aromatic rings. The summed E-state index contributed by atoms with van der Waals surface area (Å²) in [5.41, 5.74) is 6.73. The number of nitrogens with one attached hydrogen (secondary N) is 6. The molecule has 2 aliphatic rings. The Hall–Kier alpha value is -7.91. The standard InChI is InChI=1S/C68H107N11O16/c1-15-42(8)58(51(93-13)37-54(82)79-34-20-24-50(79)60(94-14)43(9)61(84)71-44(10)59(83)46-21-17-16-18-22-46)76(11)65(88)56(40(4)5)75-64(87)57(41(6)7)77(12)68(92)95-38-45-25-27-48(28-26-45)72-62(85)49(23-19-33-70-67(69)91)73-63(86)55(39(2)3)74-52(80)29-30-53(81)78-35-31-47(32-36-78)66(89)90/h16-18,21-22,25-28,39-44,47,49-51,55-60,83H,15,19-20,23-24,29-38H2,1-14H3,(H,71,84)(H,72,85)(H,73,86)(H,74,80)(H,75,87)(H,89,90)(H3,69,70,91)/t42-,43+,44+,49-,50-,51+,55-,56-,57-,58-,59+,60+/m0/s1. The molecular formula is C68H107N11O16. The molecule has 27 heteroatoms. The maximum atomic E-state index is 14.8. The van der Waals surface area contributed by atoms with Gasteiger partial charge in [-0.2, -0.15) is 0 Å². The van der Waals surface area contributed by atoms with Crippen molar-refractivity contribution in [3.63, 3.8) is 0 Å². The molecule has 2 heterocycles. The fourth-order valence-corrected chi connectivity index (χ4v) is 12.4. The molecule has 2 saturated heterocycles. The molecule has 0 bridgehead atoms. The van der Waals surface area contributed by atoms with Gasteiger partial charge in [-0.05, 0) is 92.4 Å². The molecule has 2 aliphatic heterocycles. The highest BCUT2D eigenvalue weighted by molar-refractivity contribution is 5.99. The largest absolute Gasteiger partial charge is 0.481 e. The van der Waals surface area contributed by atoms with E-state index in [1.807, 2.05) is 32.0 Å². The minimum Gasteiger partial charge on any atom is -0.481 e. The highest BCUT2D eigenvalue weighted by Crippen LogP contribution is 2.31. The van der Waals surface area contributed by atoms with Gasteiger partial charge in [-0.3, -0.25) is 48.1 Å². The zero-order valence-electron chi connectivity index (χ0n) is 58.0. The molecule has 0 saturated carbocycles. The number of methoxy groups -OCH3 is 2. The second kappa shape index (κ2) is 38.6. The first-order valence-electron chi connectivity index (χ1n) is 33.3. The Morgan fingerprint density at radius 3 is 1.88 bits per heavy atom. The highest BCUT2D eigenvalue weighted by atomic mass is 16.6. The maximum Gasteiger partial charge on any atom is 0.410 e. The monoisotopic (exact) mass is 1330 g/mol. The number of piperidine rings is 1. The van der Waals surface area contributed by atoms with Gasteiger partial charge in [-0.1, -0.05) is 111 Å². The number of aliphatic hydroxyl groups excluding tert-OH is 1. The predicted octanol–water partition coefficient (Wildman–Crippen LogP) is 4.70. The van der Waals surface area contributed by atoms with Gasteiger partial charge >= 0.3 is 18.1 Å². The van der Waals surface area contributed by atoms with E-state index in [1.54, 1.807) is 109 Å². The normalized spacial score (nSPS) is 17.7. The van der Waals surface area contributed by atoms with Crippen molar-refractivity contribution < 1.29 is 77.2 Å². The fourth-order valence-electron chi connectivity index (χ4n) is 12.4. The number of likely N-dealkylation sites (tertiary alicyclic amines) is 2. The van der Waals surface area contributed by atoms with E-state index in [4.69, 9.17) is 19.9 Å². The highest BCUT2D eigenvalue weighted by Gasteiger charge is 2.44. The summed E-state index contributed by atoms with van der Waals surface area (Å²) in [6.07, 6.45) is -0.903. The number of likely N-dealkylation sites (N-methyl/N-ethyl adjacent to an activating group) is 2. The third-order valence-electron chi connectivity index (χ3n) is 18.3. The second-order valence-electron chi connectivity index (χ2n) is 26.3. The van der Waals surface area contributed by atoms with Gasteiger partial charge in [-0.15, -0.1) is 0 Å². The lowest BCUT2D eigenvalue weighted by Crippen LogP contribution is -2.60. The summed E-state index contributed by atoms with van der Waals surface area (Å²) in [7, 11) is 6.06. The number of carbonyl (C=O) groups excluding carboxylic acids is 10. The van der Waals surface area contributed by atoms with Gasteiger partial charge in [-0.25, -0.2) is 9.59 Å². The van der Waals surface area contributed by atoms with Crippen LogP contribution in [-0.4, -0.2) is 204 Å². The van der Waals surface area contributed by atoms with Crippen molar-refractivity contribution in [3.05, 3.63) is 65.7 Å². The molecule has 11 amide bonds. The van der Waals surface area contributed by atoms with Crippen LogP contribution in [0.5, 0.6) is 0 Å². The Morgan fingerprint density at radius 2 is 1.33 bits per heavy atom. The second-order valence-corrected chi connectivity index (χ2v) is 26.3. The van der Waals surface area contributed by atoms with Crippen molar-refractivity contribution in [1.82, 2.24) is 46.2 Å². The topological polar surface area (TPSA) is 367 Å². The summed E-state index contributed by atoms with van der Waals surface area (Å²) >= 11 is 0. The van der Waals surface area contributed by atoms with Gasteiger partial charge < -0.3 is 76.8 Å². The number of hydrogen-bond acceptors (Lipinski definition) is 15. The quantitative estimate of drug-likeness (QED) is 0.0418. The number of aliphatic hydroxyl groups is 1. The number of nitrogens with two attached hydrogens (primary N) is 1. The lowest BCUT2D eigenvalue weighted by atomic mass is 9.89. The van der Waals surface area contributed by atoms with E-state index < -0.39 is 138 Å². The molecule has 0 spiro atoms. The first-order valence-corrected chi connectivity index (χ1v) is 33.3. The molecule has 10 N–H and O–H groups in total. The third-order valence-corrected chi connectivity index (χ3v) is 18.3. The van der Waals surface area contributed by atoms with Crippen LogP contribution in [-0.2, 0) is 64.0 Å². The van der Waals surface area contributed by atoms with Crippen LogP contribution in [0, 0.1) is 35.5 Å². The van der Waals surface area contributed by atoms with E-state index >= 15 is 0 Å². The van der Waals surface area contributed by atoms with E-state index in [9.17, 15) is 63.0 Å². The third kappa shape index (κ3) is 23.5. The minimum atomic E-state index is -1.16. The number of urea groups is 1. The van der Waals surface area contributed by atoms with E-state index in [0.717, 1.165) is 0 Å². The van der Waals surface area contributed by atoms with Crippen molar-refractivity contribution in [2.24, 2.45) is 41.2 Å². The number of primary amides is 1. The molecule has 4 rings (SSSR count). The Kier molecular flexibility index (Phi) is 32.3. The average molecular weight is 1330 g/mol. The Bertz CT molecular complexity index is 2870. The molecule has 0 aromatic heterocycles. The molecule has 2 fully saturated rings. The average Bonchev–Trinajstić information content (AvgIpc) is 1.81. The number of rotatable bonds is 36. The molecule has 0 aliphatic carbocycles. The minimum absolute atomic E-state index is 0.0519. The molecule has 0 unspecified atom stereocenters. The van der Waals surface area contributed by atoms with Crippen LogP contribution < -0.4 is 37.6 Å². The van der Waals surface area contributed by atoms with Crippen molar-refractivity contribution in [3.8, 4) is 0 Å². The van der Waals surface area contributed by atoms with E-state index in [1.165, 1.54) is 31.1 Å². The fraction of sp³-hybridized carbons (Fsp3) is 0.662. The van der Waals surface area contributed by atoms with Crippen LogP contribution >= 0.6 is 0 Å². The van der Waals surface area contributed by atoms with Crippen molar-refractivity contribution in [2.45, 2.75) is 201 Å². The summed E-state index contributed by atoms with van der Waals surface area (Å²) in [6.45, 7) is 18.7. The number of carbonyl (C=O) groups is 11. The number of ether oxygens (including phenoxy) is 3. The summed E-state index contributed by atoms with van der Waals surface area (Å²) in [5.74, 6) is -7.39. The zero-order valence-corrected chi connectivity index (χ0v) is 58.0. The van der Waals surface area contributed by atoms with Crippen LogP contribution in [0.1, 0.15) is 151 Å². The Morgan fingerprint density at radius 1 is 0.695 bits per heavy atom. The van der Waals surface area contributed by atoms with Gasteiger partial charge in [0.1, 0.15) is 30.8 Å². The van der Waals surface area contributed by atoms with E-state index in [-0.39, 0.29) is 82.0 Å². The SMILES string of the molecule is CC[C@H](C)[C@@H]([C@@H](CC(=O)N1CCC[C@H]1[C@H](OC)[C@@H](C)C(=O)N[C@H](C)[C@@H](O)c1ccccc1)OC)N(C)C(=O)[C@@H](NC(=O)[C@H](C(C)C)N(C)C(=O)OCc1ccc(NC(=O)[C@H](CCCNC(N)=O)NC(=O)[C@@H](NC(=O)CCC(=O)N2CCC(C(=O)O)CC2)C(C)C)cc1)C(C)C. The molecular weight excluding hydrogens is 1230 g/mol. The smallest absolute Gasteiger partial charge is 0.410 e. The first-order chi connectivity index (χ1) is 44.9. The van der Waals surface area contributed by atoms with Crippen molar-refractivity contribution in [1.29, 1.82) is 0 Å². The molecule has 0 radical (unpaired) electrons. The molecule has 530 valence electrons.